The molecule has 1 N–H and O–H groups in total. The zero-order chi connectivity index (χ0) is 12.0. The summed E-state index contributed by atoms with van der Waals surface area (Å²) >= 11 is 0. The van der Waals surface area contributed by atoms with E-state index in [9.17, 15) is 4.39 Å². The summed E-state index contributed by atoms with van der Waals surface area (Å²) in [5, 5.41) is 3.21. The van der Waals surface area contributed by atoms with Crippen molar-refractivity contribution >= 4 is 5.69 Å². The van der Waals surface area contributed by atoms with Crippen molar-refractivity contribution in [1.29, 1.82) is 0 Å². The Bertz CT molecular complexity index is 322. The Morgan fingerprint density at radius 3 is 2.38 bits per heavy atom. The van der Waals surface area contributed by atoms with Gasteiger partial charge in [-0.3, -0.25) is 0 Å². The van der Waals surface area contributed by atoms with Crippen LogP contribution in [0.2, 0.25) is 0 Å². The predicted octanol–water partition coefficient (Wildman–Crippen LogP) is 2.78. The van der Waals surface area contributed by atoms with E-state index in [1.807, 2.05) is 6.92 Å². The van der Waals surface area contributed by atoms with E-state index < -0.39 is 0 Å². The SMILES string of the molecule is CCNCc1cc(F)cc(N(CC)CC)c1. The average molecular weight is 224 g/mol. The molecule has 0 unspecified atom stereocenters. The largest absolute Gasteiger partial charge is 0.372 e. The van der Waals surface area contributed by atoms with Crippen LogP contribution in [-0.2, 0) is 6.54 Å². The molecule has 0 aliphatic heterocycles. The van der Waals surface area contributed by atoms with Crippen molar-refractivity contribution in [2.24, 2.45) is 0 Å². The van der Waals surface area contributed by atoms with Crippen LogP contribution in [0.4, 0.5) is 10.1 Å². The van der Waals surface area contributed by atoms with Gasteiger partial charge in [-0.1, -0.05) is 6.92 Å². The van der Waals surface area contributed by atoms with Crippen molar-refractivity contribution in [2.45, 2.75) is 27.3 Å². The van der Waals surface area contributed by atoms with Crippen molar-refractivity contribution in [1.82, 2.24) is 5.32 Å². The molecule has 2 nitrogen and oxygen atoms in total. The van der Waals surface area contributed by atoms with Gasteiger partial charge in [0, 0.05) is 25.3 Å². The van der Waals surface area contributed by atoms with E-state index in [2.05, 4.69) is 30.1 Å². The summed E-state index contributed by atoms with van der Waals surface area (Å²) < 4.78 is 13.4. The van der Waals surface area contributed by atoms with Gasteiger partial charge in [0.15, 0.2) is 0 Å². The van der Waals surface area contributed by atoms with Crippen LogP contribution in [-0.4, -0.2) is 19.6 Å². The first kappa shape index (κ1) is 13.0. The third kappa shape index (κ3) is 3.49. The van der Waals surface area contributed by atoms with Gasteiger partial charge in [-0.15, -0.1) is 0 Å². The summed E-state index contributed by atoms with van der Waals surface area (Å²) in [5.41, 5.74) is 1.97. The smallest absolute Gasteiger partial charge is 0.125 e. The maximum Gasteiger partial charge on any atom is 0.125 e. The van der Waals surface area contributed by atoms with E-state index in [0.717, 1.165) is 37.4 Å². The highest BCUT2D eigenvalue weighted by Gasteiger charge is 2.05. The minimum atomic E-state index is -0.155. The number of hydrogen-bond donors (Lipinski definition) is 1. The Kier molecular flexibility index (Phi) is 5.26. The number of nitrogens with zero attached hydrogens (tertiary/aromatic N) is 1. The topological polar surface area (TPSA) is 15.3 Å². The molecule has 0 fully saturated rings. The minimum Gasteiger partial charge on any atom is -0.372 e. The van der Waals surface area contributed by atoms with E-state index in [1.165, 1.54) is 0 Å². The summed E-state index contributed by atoms with van der Waals surface area (Å²) in [5.74, 6) is -0.155. The lowest BCUT2D eigenvalue weighted by Gasteiger charge is -2.21. The highest BCUT2D eigenvalue weighted by atomic mass is 19.1. The molecule has 0 heterocycles. The van der Waals surface area contributed by atoms with E-state index in [-0.39, 0.29) is 5.82 Å². The number of hydrogen-bond acceptors (Lipinski definition) is 2. The monoisotopic (exact) mass is 224 g/mol. The van der Waals surface area contributed by atoms with Crippen LogP contribution in [0.15, 0.2) is 18.2 Å². The molecule has 1 aromatic carbocycles. The maximum atomic E-state index is 13.4. The van der Waals surface area contributed by atoms with E-state index >= 15 is 0 Å². The lowest BCUT2D eigenvalue weighted by Crippen LogP contribution is -2.22. The van der Waals surface area contributed by atoms with Crippen molar-refractivity contribution in [3.05, 3.63) is 29.6 Å². The fourth-order valence-electron chi connectivity index (χ4n) is 1.78. The molecule has 0 atom stereocenters. The van der Waals surface area contributed by atoms with Crippen LogP contribution in [0.3, 0.4) is 0 Å². The van der Waals surface area contributed by atoms with Crippen molar-refractivity contribution in [3.63, 3.8) is 0 Å². The Balaban J connectivity index is 2.88. The summed E-state index contributed by atoms with van der Waals surface area (Å²) in [6, 6.07) is 5.25. The molecular formula is C13H21FN2. The van der Waals surface area contributed by atoms with Gasteiger partial charge in [-0.25, -0.2) is 4.39 Å². The van der Waals surface area contributed by atoms with Gasteiger partial charge >= 0.3 is 0 Å². The molecule has 16 heavy (non-hydrogen) atoms. The molecule has 0 saturated carbocycles. The minimum absolute atomic E-state index is 0.155. The first-order valence-corrected chi connectivity index (χ1v) is 5.96. The van der Waals surface area contributed by atoms with Crippen molar-refractivity contribution in [3.8, 4) is 0 Å². The number of anilines is 1. The normalized spacial score (nSPS) is 10.5. The molecule has 0 aliphatic carbocycles. The molecule has 0 aromatic heterocycles. The predicted molar refractivity (Wildman–Crippen MR) is 67.3 cm³/mol. The summed E-state index contributed by atoms with van der Waals surface area (Å²) in [4.78, 5) is 2.15. The fraction of sp³-hybridized carbons (Fsp3) is 0.538. The molecule has 0 saturated heterocycles. The Morgan fingerprint density at radius 1 is 1.12 bits per heavy atom. The molecule has 0 bridgehead atoms. The summed E-state index contributed by atoms with van der Waals surface area (Å²) in [7, 11) is 0. The lowest BCUT2D eigenvalue weighted by molar-refractivity contribution is 0.620. The zero-order valence-electron chi connectivity index (χ0n) is 10.4. The van der Waals surface area contributed by atoms with Crippen LogP contribution in [0.25, 0.3) is 0 Å². The number of halogens is 1. The van der Waals surface area contributed by atoms with Gasteiger partial charge in [-0.2, -0.15) is 0 Å². The standard InChI is InChI=1S/C13H21FN2/c1-4-15-10-11-7-12(14)9-13(8-11)16(5-2)6-3/h7-9,15H,4-6,10H2,1-3H3. The molecular weight excluding hydrogens is 203 g/mol. The van der Waals surface area contributed by atoms with Crippen LogP contribution in [0.5, 0.6) is 0 Å². The Labute approximate surface area is 97.5 Å². The van der Waals surface area contributed by atoms with Gasteiger partial charge in [0.25, 0.3) is 0 Å². The zero-order valence-corrected chi connectivity index (χ0v) is 10.4. The number of benzene rings is 1. The molecule has 0 spiro atoms. The second kappa shape index (κ2) is 6.48. The number of rotatable bonds is 6. The second-order valence-corrected chi connectivity index (χ2v) is 3.77. The van der Waals surface area contributed by atoms with Crippen LogP contribution in [0.1, 0.15) is 26.3 Å². The quantitative estimate of drug-likeness (QED) is 0.799. The first-order valence-electron chi connectivity index (χ1n) is 5.96. The molecule has 90 valence electrons. The highest BCUT2D eigenvalue weighted by Crippen LogP contribution is 2.18. The molecule has 3 heteroatoms. The fourth-order valence-corrected chi connectivity index (χ4v) is 1.78. The highest BCUT2D eigenvalue weighted by molar-refractivity contribution is 5.48. The molecule has 0 radical (unpaired) electrons. The van der Waals surface area contributed by atoms with Gasteiger partial charge in [0.2, 0.25) is 0 Å². The van der Waals surface area contributed by atoms with E-state index in [0.29, 0.717) is 0 Å². The lowest BCUT2D eigenvalue weighted by atomic mass is 10.1. The summed E-state index contributed by atoms with van der Waals surface area (Å²) in [6.45, 7) is 9.64. The average Bonchev–Trinajstić information content (AvgIpc) is 2.27. The Morgan fingerprint density at radius 2 is 1.81 bits per heavy atom. The van der Waals surface area contributed by atoms with Gasteiger partial charge < -0.3 is 10.2 Å². The third-order valence-electron chi connectivity index (χ3n) is 2.65. The molecule has 0 aliphatic rings. The van der Waals surface area contributed by atoms with Gasteiger partial charge in [0.05, 0.1) is 0 Å². The van der Waals surface area contributed by atoms with Crippen LogP contribution in [0, 0.1) is 5.82 Å². The van der Waals surface area contributed by atoms with E-state index in [4.69, 9.17) is 0 Å². The molecule has 0 amide bonds. The first-order chi connectivity index (χ1) is 7.71. The third-order valence-corrected chi connectivity index (χ3v) is 2.65. The van der Waals surface area contributed by atoms with Gasteiger partial charge in [0.1, 0.15) is 5.82 Å². The maximum absolute atomic E-state index is 13.4. The van der Waals surface area contributed by atoms with Gasteiger partial charge in [-0.05, 0) is 44.2 Å². The number of nitrogens with one attached hydrogen (secondary N) is 1. The van der Waals surface area contributed by atoms with Crippen molar-refractivity contribution < 1.29 is 4.39 Å². The van der Waals surface area contributed by atoms with Crippen LogP contribution < -0.4 is 10.2 Å². The van der Waals surface area contributed by atoms with Crippen LogP contribution >= 0.6 is 0 Å². The second-order valence-electron chi connectivity index (χ2n) is 3.77. The summed E-state index contributed by atoms with van der Waals surface area (Å²) in [6.07, 6.45) is 0. The van der Waals surface area contributed by atoms with Crippen molar-refractivity contribution in [2.75, 3.05) is 24.5 Å². The molecule has 1 rings (SSSR count). The molecule has 1 aromatic rings. The van der Waals surface area contributed by atoms with E-state index in [1.54, 1.807) is 12.1 Å². The Hall–Kier alpha value is -1.09.